The van der Waals surface area contributed by atoms with E-state index in [0.717, 1.165) is 17.0 Å². The van der Waals surface area contributed by atoms with E-state index in [1.54, 1.807) is 6.92 Å². The molecule has 0 N–H and O–H groups in total. The van der Waals surface area contributed by atoms with Gasteiger partial charge in [0.05, 0.1) is 11.9 Å². The number of rotatable bonds is 5. The molecule has 0 atom stereocenters. The zero-order chi connectivity index (χ0) is 16.8. The van der Waals surface area contributed by atoms with Gasteiger partial charge in [0, 0.05) is 11.8 Å². The summed E-state index contributed by atoms with van der Waals surface area (Å²) in [5, 5.41) is 0. The highest BCUT2D eigenvalue weighted by atomic mass is 16.5. The first-order valence-corrected chi connectivity index (χ1v) is 7.49. The summed E-state index contributed by atoms with van der Waals surface area (Å²) in [5.41, 5.74) is 1.70. The summed E-state index contributed by atoms with van der Waals surface area (Å²) in [4.78, 5) is 20.1. The lowest BCUT2D eigenvalue weighted by Crippen LogP contribution is -2.08. The third kappa shape index (κ3) is 3.95. The molecule has 0 aliphatic heterocycles. The SMILES string of the molecule is Cc1cnc(C(=O)OCc2ccccc2Oc2ccccc2)cn1. The van der Waals surface area contributed by atoms with E-state index >= 15 is 0 Å². The van der Waals surface area contributed by atoms with Crippen LogP contribution in [0, 0.1) is 6.92 Å². The zero-order valence-corrected chi connectivity index (χ0v) is 13.2. The minimum absolute atomic E-state index is 0.0946. The number of para-hydroxylation sites is 2. The highest BCUT2D eigenvalue weighted by Crippen LogP contribution is 2.25. The highest BCUT2D eigenvalue weighted by molar-refractivity contribution is 5.86. The molecule has 5 heteroatoms. The van der Waals surface area contributed by atoms with Crippen LogP contribution in [0.3, 0.4) is 0 Å². The van der Waals surface area contributed by atoms with E-state index in [4.69, 9.17) is 9.47 Å². The van der Waals surface area contributed by atoms with Crippen molar-refractivity contribution in [3.05, 3.63) is 83.9 Å². The molecule has 120 valence electrons. The van der Waals surface area contributed by atoms with Crippen molar-refractivity contribution in [3.8, 4) is 11.5 Å². The Labute approximate surface area is 139 Å². The van der Waals surface area contributed by atoms with E-state index in [-0.39, 0.29) is 12.3 Å². The second kappa shape index (κ2) is 7.37. The maximum Gasteiger partial charge on any atom is 0.358 e. The van der Waals surface area contributed by atoms with Gasteiger partial charge in [-0.3, -0.25) is 4.98 Å². The van der Waals surface area contributed by atoms with Crippen LogP contribution in [0.15, 0.2) is 67.0 Å². The average Bonchev–Trinajstić information content (AvgIpc) is 2.62. The van der Waals surface area contributed by atoms with Gasteiger partial charge in [0.15, 0.2) is 5.69 Å². The van der Waals surface area contributed by atoms with Crippen LogP contribution in [0.5, 0.6) is 11.5 Å². The number of aryl methyl sites for hydroxylation is 1. The Kier molecular flexibility index (Phi) is 4.81. The van der Waals surface area contributed by atoms with E-state index in [1.807, 2.05) is 54.6 Å². The second-order valence-electron chi connectivity index (χ2n) is 5.14. The van der Waals surface area contributed by atoms with Gasteiger partial charge in [-0.05, 0) is 25.1 Å². The molecular formula is C19H16N2O3. The predicted molar refractivity (Wildman–Crippen MR) is 88.8 cm³/mol. The van der Waals surface area contributed by atoms with Crippen molar-refractivity contribution in [2.75, 3.05) is 0 Å². The standard InChI is InChI=1S/C19H16N2O3/c1-14-11-21-17(12-20-14)19(22)23-13-15-7-5-6-10-18(15)24-16-8-3-2-4-9-16/h2-12H,13H2,1H3. The number of aromatic nitrogens is 2. The normalized spacial score (nSPS) is 10.2. The fourth-order valence-electron chi connectivity index (χ4n) is 2.05. The topological polar surface area (TPSA) is 61.3 Å². The lowest BCUT2D eigenvalue weighted by atomic mass is 10.2. The minimum Gasteiger partial charge on any atom is -0.457 e. The van der Waals surface area contributed by atoms with Crippen LogP contribution in [0.1, 0.15) is 21.7 Å². The van der Waals surface area contributed by atoms with Gasteiger partial charge < -0.3 is 9.47 Å². The summed E-state index contributed by atoms with van der Waals surface area (Å²) in [5.74, 6) is 0.851. The lowest BCUT2D eigenvalue weighted by Gasteiger charge is -2.11. The Bertz CT molecular complexity index is 818. The highest BCUT2D eigenvalue weighted by Gasteiger charge is 2.11. The quantitative estimate of drug-likeness (QED) is 0.666. The van der Waals surface area contributed by atoms with Crippen molar-refractivity contribution < 1.29 is 14.3 Å². The van der Waals surface area contributed by atoms with Crippen LogP contribution in [-0.2, 0) is 11.3 Å². The molecule has 0 amide bonds. The van der Waals surface area contributed by atoms with Crippen LogP contribution in [0.4, 0.5) is 0 Å². The van der Waals surface area contributed by atoms with Crippen LogP contribution in [0.25, 0.3) is 0 Å². The Morgan fingerprint density at radius 1 is 0.958 bits per heavy atom. The lowest BCUT2D eigenvalue weighted by molar-refractivity contribution is 0.0463. The summed E-state index contributed by atoms with van der Waals surface area (Å²) < 4.78 is 11.2. The van der Waals surface area contributed by atoms with E-state index in [9.17, 15) is 4.79 Å². The summed E-state index contributed by atoms with van der Waals surface area (Å²) >= 11 is 0. The van der Waals surface area contributed by atoms with Gasteiger partial charge in [0.1, 0.15) is 18.1 Å². The van der Waals surface area contributed by atoms with Crippen LogP contribution in [0.2, 0.25) is 0 Å². The second-order valence-corrected chi connectivity index (χ2v) is 5.14. The van der Waals surface area contributed by atoms with Crippen molar-refractivity contribution >= 4 is 5.97 Å². The Morgan fingerprint density at radius 3 is 2.46 bits per heavy atom. The van der Waals surface area contributed by atoms with Crippen molar-refractivity contribution in [1.82, 2.24) is 9.97 Å². The van der Waals surface area contributed by atoms with E-state index in [2.05, 4.69) is 9.97 Å². The summed E-state index contributed by atoms with van der Waals surface area (Å²) in [7, 11) is 0. The van der Waals surface area contributed by atoms with Crippen molar-refractivity contribution in [1.29, 1.82) is 0 Å². The minimum atomic E-state index is -0.517. The van der Waals surface area contributed by atoms with Crippen LogP contribution >= 0.6 is 0 Å². The number of benzene rings is 2. The van der Waals surface area contributed by atoms with Gasteiger partial charge in [-0.15, -0.1) is 0 Å². The molecule has 5 nitrogen and oxygen atoms in total. The number of carbonyl (C=O) groups is 1. The first-order valence-electron chi connectivity index (χ1n) is 7.49. The number of ether oxygens (including phenoxy) is 2. The van der Waals surface area contributed by atoms with E-state index < -0.39 is 5.97 Å². The predicted octanol–water partition coefficient (Wildman–Crippen LogP) is 3.93. The molecule has 1 aromatic heterocycles. The maximum absolute atomic E-state index is 12.0. The monoisotopic (exact) mass is 320 g/mol. The molecule has 24 heavy (non-hydrogen) atoms. The first kappa shape index (κ1) is 15.7. The first-order chi connectivity index (χ1) is 11.7. The number of esters is 1. The number of hydrogen-bond donors (Lipinski definition) is 0. The molecule has 0 aliphatic carbocycles. The van der Waals surface area contributed by atoms with Gasteiger partial charge in [0.2, 0.25) is 0 Å². The molecular weight excluding hydrogens is 304 g/mol. The Hall–Kier alpha value is -3.21. The molecule has 0 spiro atoms. The molecule has 3 aromatic rings. The van der Waals surface area contributed by atoms with E-state index in [0.29, 0.717) is 5.75 Å². The van der Waals surface area contributed by atoms with Crippen molar-refractivity contribution in [2.45, 2.75) is 13.5 Å². The molecule has 0 radical (unpaired) electrons. The van der Waals surface area contributed by atoms with Gasteiger partial charge >= 0.3 is 5.97 Å². The molecule has 0 fully saturated rings. The number of nitrogens with zero attached hydrogens (tertiary/aromatic N) is 2. The van der Waals surface area contributed by atoms with Gasteiger partial charge in [-0.25, -0.2) is 9.78 Å². The molecule has 0 saturated carbocycles. The van der Waals surface area contributed by atoms with Crippen LogP contribution in [-0.4, -0.2) is 15.9 Å². The summed E-state index contributed by atoms with van der Waals surface area (Å²) in [6, 6.07) is 16.9. The Balaban J connectivity index is 1.69. The average molecular weight is 320 g/mol. The third-order valence-electron chi connectivity index (χ3n) is 3.29. The molecule has 1 heterocycles. The van der Waals surface area contributed by atoms with E-state index in [1.165, 1.54) is 12.4 Å². The fraction of sp³-hybridized carbons (Fsp3) is 0.105. The van der Waals surface area contributed by atoms with Crippen molar-refractivity contribution in [3.63, 3.8) is 0 Å². The molecule has 0 saturated heterocycles. The number of hydrogen-bond acceptors (Lipinski definition) is 5. The third-order valence-corrected chi connectivity index (χ3v) is 3.29. The summed E-state index contributed by atoms with van der Waals surface area (Å²) in [6.45, 7) is 1.90. The molecule has 0 unspecified atom stereocenters. The molecule has 0 aliphatic rings. The van der Waals surface area contributed by atoms with Crippen LogP contribution < -0.4 is 4.74 Å². The zero-order valence-electron chi connectivity index (χ0n) is 13.2. The summed E-state index contributed by atoms with van der Waals surface area (Å²) in [6.07, 6.45) is 2.94. The number of carbonyl (C=O) groups excluding carboxylic acids is 1. The van der Waals surface area contributed by atoms with Gasteiger partial charge in [-0.1, -0.05) is 36.4 Å². The van der Waals surface area contributed by atoms with Crippen molar-refractivity contribution in [2.24, 2.45) is 0 Å². The largest absolute Gasteiger partial charge is 0.457 e. The van der Waals surface area contributed by atoms with Gasteiger partial charge in [-0.2, -0.15) is 0 Å². The molecule has 2 aromatic carbocycles. The maximum atomic E-state index is 12.0. The molecule has 3 rings (SSSR count). The fourth-order valence-corrected chi connectivity index (χ4v) is 2.05. The smallest absolute Gasteiger partial charge is 0.358 e. The Morgan fingerprint density at radius 2 is 1.71 bits per heavy atom. The molecule has 0 bridgehead atoms. The van der Waals surface area contributed by atoms with Gasteiger partial charge in [0.25, 0.3) is 0 Å².